The van der Waals surface area contributed by atoms with Crippen LogP contribution in [0.15, 0.2) is 218 Å². The molecular formula is C68H36N4S3. The van der Waals surface area contributed by atoms with Crippen molar-refractivity contribution in [3.63, 3.8) is 0 Å². The fourth-order valence-electron chi connectivity index (χ4n) is 12.2. The van der Waals surface area contributed by atoms with Crippen LogP contribution in [0.2, 0.25) is 0 Å². The summed E-state index contributed by atoms with van der Waals surface area (Å²) in [4.78, 5) is 4.68. The highest BCUT2D eigenvalue weighted by molar-refractivity contribution is 7.27. The third-order valence-electron chi connectivity index (χ3n) is 15.4. The Hall–Kier alpha value is -9.34. The number of benzene rings is 11. The van der Waals surface area contributed by atoms with Gasteiger partial charge in [0.1, 0.15) is 6.07 Å². The molecule has 0 bridgehead atoms. The van der Waals surface area contributed by atoms with Crippen LogP contribution in [0.4, 0.5) is 5.69 Å². The predicted octanol–water partition coefficient (Wildman–Crippen LogP) is 20.4. The molecule has 7 heteroatoms. The lowest BCUT2D eigenvalue weighted by atomic mass is 9.88. The van der Waals surface area contributed by atoms with Crippen LogP contribution >= 0.6 is 34.0 Å². The molecule has 16 rings (SSSR count). The molecule has 16 aromatic rings. The topological polar surface area (TPSA) is 38.0 Å². The number of para-hydroxylation sites is 1. The molecule has 75 heavy (non-hydrogen) atoms. The van der Waals surface area contributed by atoms with Crippen molar-refractivity contribution in [3.05, 3.63) is 235 Å². The lowest BCUT2D eigenvalue weighted by molar-refractivity contribution is 1.14. The molecule has 0 saturated carbocycles. The summed E-state index contributed by atoms with van der Waals surface area (Å²) >= 11 is 5.43. The smallest absolute Gasteiger partial charge is 0.220 e. The molecule has 0 saturated heterocycles. The molecule has 5 aromatic heterocycles. The third-order valence-corrected chi connectivity index (χ3v) is 18.9. The molecule has 0 atom stereocenters. The molecule has 11 aromatic carbocycles. The van der Waals surface area contributed by atoms with Gasteiger partial charge in [0, 0.05) is 83.8 Å². The first-order chi connectivity index (χ1) is 37.1. The fraction of sp³-hybridized carbons (Fsp3) is 0. The van der Waals surface area contributed by atoms with Crippen molar-refractivity contribution < 1.29 is 0 Å². The maximum Gasteiger partial charge on any atom is 0.220 e. The van der Waals surface area contributed by atoms with Gasteiger partial charge in [0.2, 0.25) is 5.69 Å². The van der Waals surface area contributed by atoms with Gasteiger partial charge in [-0.05, 0) is 64.7 Å². The molecule has 0 unspecified atom stereocenters. The van der Waals surface area contributed by atoms with E-state index < -0.39 is 0 Å². The van der Waals surface area contributed by atoms with E-state index >= 15 is 0 Å². The van der Waals surface area contributed by atoms with Crippen LogP contribution in [0.1, 0.15) is 5.56 Å². The van der Waals surface area contributed by atoms with Gasteiger partial charge in [0.05, 0.1) is 55.0 Å². The molecule has 346 valence electrons. The molecule has 0 spiro atoms. The Labute approximate surface area is 441 Å². The number of aromatic nitrogens is 2. The van der Waals surface area contributed by atoms with E-state index in [9.17, 15) is 11.8 Å². The zero-order valence-corrected chi connectivity index (χ0v) is 42.2. The zero-order valence-electron chi connectivity index (χ0n) is 39.8. The minimum Gasteiger partial charge on any atom is -0.316 e. The zero-order chi connectivity index (χ0) is 49.5. The van der Waals surface area contributed by atoms with Crippen LogP contribution in [0.25, 0.3) is 154 Å². The Morgan fingerprint density at radius 3 is 1.49 bits per heavy atom. The Morgan fingerprint density at radius 2 is 0.880 bits per heavy atom. The summed E-state index contributed by atoms with van der Waals surface area (Å²) in [6, 6.07) is 80.8. The van der Waals surface area contributed by atoms with Gasteiger partial charge in [-0.3, -0.25) is 0 Å². The van der Waals surface area contributed by atoms with Crippen molar-refractivity contribution in [1.82, 2.24) is 9.13 Å². The standard InChI is InChI=1S/C68H36N4S3/c1-70-62-60(40-19-7-3-8-20-40)53(38-69)63(71-54-26-14-11-23-43(54)50-37-59-52(36-55(50)71)51-35-42(29-34-58(51)73-59)39-17-5-2-6-18-39)61(41-21-9-4-10-22-41)66(62)72-64-46(30-32-48-44-24-12-15-27-56(44)74-67(48)64)47-31-33-49-45-25-13-16-28-57(45)75-68(49)65(47)72/h2-37H. The van der Waals surface area contributed by atoms with Crippen LogP contribution in [-0.4, -0.2) is 9.13 Å². The van der Waals surface area contributed by atoms with E-state index in [0.29, 0.717) is 16.8 Å². The van der Waals surface area contributed by atoms with Crippen LogP contribution in [-0.2, 0) is 0 Å². The van der Waals surface area contributed by atoms with E-state index in [-0.39, 0.29) is 0 Å². The molecule has 4 nitrogen and oxygen atoms in total. The van der Waals surface area contributed by atoms with E-state index in [1.165, 1.54) is 56.9 Å². The predicted molar refractivity (Wildman–Crippen MR) is 321 cm³/mol. The van der Waals surface area contributed by atoms with Gasteiger partial charge in [-0.1, -0.05) is 176 Å². The quantitative estimate of drug-likeness (QED) is 0.158. The average molecular weight is 1010 g/mol. The first-order valence-corrected chi connectivity index (χ1v) is 27.4. The number of fused-ring (bicyclic) bond motifs is 17. The Kier molecular flexibility index (Phi) is 9.05. The highest BCUT2D eigenvalue weighted by atomic mass is 32.1. The average Bonchev–Trinajstić information content (AvgIpc) is 4.35. The highest BCUT2D eigenvalue weighted by Crippen LogP contribution is 2.55. The summed E-state index contributed by atoms with van der Waals surface area (Å²) in [5.41, 5.74) is 11.9. The number of nitrogens with zero attached hydrogens (tertiary/aromatic N) is 4. The van der Waals surface area contributed by atoms with Crippen molar-refractivity contribution in [1.29, 1.82) is 5.26 Å². The summed E-state index contributed by atoms with van der Waals surface area (Å²) in [5, 5.41) is 23.7. The van der Waals surface area contributed by atoms with Crippen molar-refractivity contribution >= 4 is 144 Å². The first-order valence-electron chi connectivity index (χ1n) is 24.9. The summed E-state index contributed by atoms with van der Waals surface area (Å²) < 4.78 is 12.0. The molecule has 0 aliphatic heterocycles. The van der Waals surface area contributed by atoms with E-state index in [1.54, 1.807) is 22.7 Å². The lowest BCUT2D eigenvalue weighted by Crippen LogP contribution is -2.08. The largest absolute Gasteiger partial charge is 0.316 e. The Bertz CT molecular complexity index is 5070. The van der Waals surface area contributed by atoms with Gasteiger partial charge in [0.15, 0.2) is 0 Å². The van der Waals surface area contributed by atoms with Crippen LogP contribution in [0.3, 0.4) is 0 Å². The first kappa shape index (κ1) is 42.2. The molecule has 0 fully saturated rings. The molecule has 0 amide bonds. The maximum atomic E-state index is 12.2. The number of hydrogen-bond donors (Lipinski definition) is 0. The number of thiophene rings is 3. The molecule has 0 N–H and O–H groups in total. The van der Waals surface area contributed by atoms with Crippen molar-refractivity contribution in [2.75, 3.05) is 0 Å². The maximum absolute atomic E-state index is 12.2. The van der Waals surface area contributed by atoms with Gasteiger partial charge in [-0.25, -0.2) is 4.85 Å². The molecule has 0 radical (unpaired) electrons. The van der Waals surface area contributed by atoms with Crippen molar-refractivity contribution in [2.24, 2.45) is 0 Å². The van der Waals surface area contributed by atoms with Gasteiger partial charge in [-0.15, -0.1) is 34.0 Å². The van der Waals surface area contributed by atoms with Gasteiger partial charge >= 0.3 is 0 Å². The number of hydrogen-bond acceptors (Lipinski definition) is 4. The van der Waals surface area contributed by atoms with Crippen molar-refractivity contribution in [2.45, 2.75) is 0 Å². The molecule has 0 aliphatic rings. The second-order valence-corrected chi connectivity index (χ2v) is 22.4. The van der Waals surface area contributed by atoms with Gasteiger partial charge < -0.3 is 9.13 Å². The van der Waals surface area contributed by atoms with Crippen LogP contribution in [0.5, 0.6) is 0 Å². The van der Waals surface area contributed by atoms with Gasteiger partial charge in [-0.2, -0.15) is 5.26 Å². The Balaban J connectivity index is 1.16. The fourth-order valence-corrected chi connectivity index (χ4v) is 15.8. The van der Waals surface area contributed by atoms with E-state index in [0.717, 1.165) is 86.5 Å². The van der Waals surface area contributed by atoms with Gasteiger partial charge in [0.25, 0.3) is 0 Å². The summed E-state index contributed by atoms with van der Waals surface area (Å²) in [6.07, 6.45) is 0. The SMILES string of the molecule is [C-]#[N+]c1c(-c2ccccc2)c(C#N)c(-n2c3ccccc3c3cc4sc5ccc(-c6ccccc6)cc5c4cc32)c(-c2ccccc2)c1-n1c2c(ccc3c4ccccc4sc32)c2ccc3c4ccccc4sc3c21. The minimum absolute atomic E-state index is 0.427. The second kappa shape index (κ2) is 16.1. The highest BCUT2D eigenvalue weighted by Gasteiger charge is 2.33. The van der Waals surface area contributed by atoms with Crippen LogP contribution < -0.4 is 0 Å². The van der Waals surface area contributed by atoms with Crippen molar-refractivity contribution in [3.8, 4) is 50.8 Å². The second-order valence-electron chi connectivity index (χ2n) is 19.2. The minimum atomic E-state index is 0.427. The molecule has 5 heterocycles. The number of nitriles is 1. The summed E-state index contributed by atoms with van der Waals surface area (Å²) in [7, 11) is 0. The molecule has 0 aliphatic carbocycles. The molecular weight excluding hydrogens is 969 g/mol. The Morgan fingerprint density at radius 1 is 0.360 bits per heavy atom. The monoisotopic (exact) mass is 1000 g/mol. The van der Waals surface area contributed by atoms with E-state index in [4.69, 9.17) is 0 Å². The number of rotatable bonds is 5. The normalized spacial score (nSPS) is 12.0. The van der Waals surface area contributed by atoms with E-state index in [1.807, 2.05) is 35.6 Å². The summed E-state index contributed by atoms with van der Waals surface area (Å²) in [6.45, 7) is 9.56. The summed E-state index contributed by atoms with van der Waals surface area (Å²) in [5.74, 6) is 0. The lowest BCUT2D eigenvalue weighted by Gasteiger charge is -2.26. The van der Waals surface area contributed by atoms with E-state index in [2.05, 4.69) is 214 Å². The van der Waals surface area contributed by atoms with Crippen LogP contribution in [0, 0.1) is 17.9 Å². The third kappa shape index (κ3) is 5.94.